The predicted molar refractivity (Wildman–Crippen MR) is 62.8 cm³/mol. The van der Waals surface area contributed by atoms with Crippen molar-refractivity contribution in [1.29, 1.82) is 0 Å². The highest BCUT2D eigenvalue weighted by atomic mass is 35.5. The molecule has 0 aliphatic rings. The largest absolute Gasteiger partial charge is 0.481 e. The molecule has 2 rings (SSSR count). The quantitative estimate of drug-likeness (QED) is 0.873. The highest BCUT2D eigenvalue weighted by Gasteiger charge is 2.10. The fourth-order valence-electron chi connectivity index (χ4n) is 1.43. The Kier molecular flexibility index (Phi) is 3.39. The number of aromatic amines is 1. The molecular weight excluding hydrogens is 242 g/mol. The first-order valence-corrected chi connectivity index (χ1v) is 5.41. The summed E-state index contributed by atoms with van der Waals surface area (Å²) in [7, 11) is 0. The lowest BCUT2D eigenvalue weighted by atomic mass is 10.2. The van der Waals surface area contributed by atoms with Crippen LogP contribution in [0.15, 0.2) is 24.5 Å². The number of imidazole rings is 1. The molecule has 0 aromatic carbocycles. The number of halogens is 1. The van der Waals surface area contributed by atoms with Crippen LogP contribution in [0.3, 0.4) is 0 Å². The summed E-state index contributed by atoms with van der Waals surface area (Å²) in [6, 6.07) is 3.60. The second-order valence-corrected chi connectivity index (χ2v) is 3.84. The summed E-state index contributed by atoms with van der Waals surface area (Å²) in [5.74, 6) is -0.237. The van der Waals surface area contributed by atoms with E-state index in [4.69, 9.17) is 16.7 Å². The summed E-state index contributed by atoms with van der Waals surface area (Å²) in [4.78, 5) is 21.5. The van der Waals surface area contributed by atoms with E-state index in [2.05, 4.69) is 15.0 Å². The van der Waals surface area contributed by atoms with Crippen molar-refractivity contribution >= 4 is 17.6 Å². The van der Waals surface area contributed by atoms with Gasteiger partial charge in [-0.3, -0.25) is 9.78 Å². The number of aryl methyl sites for hydroxylation is 1. The fraction of sp³-hybridized carbons (Fsp3) is 0.182. The zero-order valence-corrected chi connectivity index (χ0v) is 9.61. The summed E-state index contributed by atoms with van der Waals surface area (Å²) < 4.78 is 0. The number of hydrogen-bond donors (Lipinski definition) is 2. The van der Waals surface area contributed by atoms with Crippen LogP contribution in [0.25, 0.3) is 11.4 Å². The topological polar surface area (TPSA) is 78.9 Å². The van der Waals surface area contributed by atoms with E-state index in [1.54, 1.807) is 24.5 Å². The second-order valence-electron chi connectivity index (χ2n) is 3.48. The molecule has 0 spiro atoms. The van der Waals surface area contributed by atoms with Crippen LogP contribution < -0.4 is 0 Å². The molecule has 0 bridgehead atoms. The summed E-state index contributed by atoms with van der Waals surface area (Å²) in [5, 5.41) is 8.92. The number of nitrogens with zero attached hydrogens (tertiary/aromatic N) is 2. The summed E-state index contributed by atoms with van der Waals surface area (Å²) in [6.07, 6.45) is 3.68. The number of H-pyrrole nitrogens is 1. The van der Waals surface area contributed by atoms with Crippen LogP contribution in [0, 0.1) is 0 Å². The Bertz CT molecular complexity index is 525. The van der Waals surface area contributed by atoms with Gasteiger partial charge in [0.05, 0.1) is 12.1 Å². The van der Waals surface area contributed by atoms with Gasteiger partial charge in [0.15, 0.2) is 5.15 Å². The van der Waals surface area contributed by atoms with Gasteiger partial charge in [0.25, 0.3) is 0 Å². The van der Waals surface area contributed by atoms with Crippen LogP contribution in [0.2, 0.25) is 5.15 Å². The molecule has 5 nitrogen and oxygen atoms in total. The maximum Gasteiger partial charge on any atom is 0.303 e. The third-order valence-electron chi connectivity index (χ3n) is 2.27. The number of carboxylic acids is 1. The molecule has 0 saturated heterocycles. The first-order valence-electron chi connectivity index (χ1n) is 5.03. The molecule has 0 aliphatic carbocycles. The lowest BCUT2D eigenvalue weighted by Crippen LogP contribution is -1.98. The van der Waals surface area contributed by atoms with Gasteiger partial charge in [0, 0.05) is 24.4 Å². The lowest BCUT2D eigenvalue weighted by molar-refractivity contribution is -0.136. The van der Waals surface area contributed by atoms with Crippen LogP contribution in [-0.2, 0) is 11.2 Å². The van der Waals surface area contributed by atoms with Gasteiger partial charge in [-0.1, -0.05) is 11.6 Å². The second kappa shape index (κ2) is 4.97. The van der Waals surface area contributed by atoms with Crippen molar-refractivity contribution in [3.8, 4) is 11.4 Å². The Morgan fingerprint density at radius 1 is 1.41 bits per heavy atom. The first-order chi connectivity index (χ1) is 8.16. The molecule has 2 heterocycles. The molecule has 0 aliphatic heterocycles. The third kappa shape index (κ3) is 2.82. The van der Waals surface area contributed by atoms with E-state index in [0.29, 0.717) is 23.1 Å². The van der Waals surface area contributed by atoms with Gasteiger partial charge in [-0.25, -0.2) is 4.98 Å². The van der Waals surface area contributed by atoms with Gasteiger partial charge in [0.2, 0.25) is 0 Å². The fourth-order valence-corrected chi connectivity index (χ4v) is 1.66. The standard InChI is InChI=1S/C11H10ClN3O2/c12-10-8(1-2-9(16)17)14-11(15-10)7-3-5-13-6-4-7/h3-6H,1-2H2,(H,14,15)(H,16,17). The number of pyridine rings is 1. The minimum atomic E-state index is -0.860. The number of carboxylic acid groups (broad SMARTS) is 1. The van der Waals surface area contributed by atoms with Gasteiger partial charge >= 0.3 is 5.97 Å². The molecular formula is C11H10ClN3O2. The van der Waals surface area contributed by atoms with Crippen molar-refractivity contribution in [2.75, 3.05) is 0 Å². The molecule has 17 heavy (non-hydrogen) atoms. The van der Waals surface area contributed by atoms with Crippen molar-refractivity contribution in [2.45, 2.75) is 12.8 Å². The van der Waals surface area contributed by atoms with Crippen LogP contribution in [0.1, 0.15) is 12.1 Å². The zero-order chi connectivity index (χ0) is 12.3. The molecule has 0 amide bonds. The first kappa shape index (κ1) is 11.6. The highest BCUT2D eigenvalue weighted by Crippen LogP contribution is 2.21. The monoisotopic (exact) mass is 251 g/mol. The van der Waals surface area contributed by atoms with E-state index < -0.39 is 5.97 Å². The maximum atomic E-state index is 10.5. The number of nitrogens with one attached hydrogen (secondary N) is 1. The summed E-state index contributed by atoms with van der Waals surface area (Å²) >= 11 is 5.93. The third-order valence-corrected chi connectivity index (χ3v) is 2.58. The highest BCUT2D eigenvalue weighted by molar-refractivity contribution is 6.30. The lowest BCUT2D eigenvalue weighted by Gasteiger charge is -1.95. The molecule has 0 saturated carbocycles. The Labute approximate surface area is 102 Å². The molecule has 88 valence electrons. The molecule has 2 aromatic rings. The van der Waals surface area contributed by atoms with E-state index in [9.17, 15) is 4.79 Å². The van der Waals surface area contributed by atoms with Crippen molar-refractivity contribution in [3.63, 3.8) is 0 Å². The molecule has 0 radical (unpaired) electrons. The Morgan fingerprint density at radius 3 is 2.76 bits per heavy atom. The number of carbonyl (C=O) groups is 1. The van der Waals surface area contributed by atoms with Gasteiger partial charge in [0.1, 0.15) is 5.82 Å². The number of hydrogen-bond acceptors (Lipinski definition) is 3. The summed E-state index contributed by atoms with van der Waals surface area (Å²) in [5.41, 5.74) is 1.50. The summed E-state index contributed by atoms with van der Waals surface area (Å²) in [6.45, 7) is 0. The SMILES string of the molecule is O=C(O)CCc1[nH]c(-c2ccncc2)nc1Cl. The minimum Gasteiger partial charge on any atom is -0.481 e. The van der Waals surface area contributed by atoms with Crippen LogP contribution in [-0.4, -0.2) is 26.0 Å². The van der Waals surface area contributed by atoms with Gasteiger partial charge in [-0.2, -0.15) is 0 Å². The molecule has 0 atom stereocenters. The van der Waals surface area contributed by atoms with Crippen molar-refractivity contribution in [1.82, 2.24) is 15.0 Å². The average molecular weight is 252 g/mol. The van der Waals surface area contributed by atoms with Crippen LogP contribution >= 0.6 is 11.6 Å². The van der Waals surface area contributed by atoms with E-state index in [-0.39, 0.29) is 6.42 Å². The molecule has 0 unspecified atom stereocenters. The van der Waals surface area contributed by atoms with Crippen molar-refractivity contribution in [3.05, 3.63) is 35.4 Å². The Balaban J connectivity index is 2.22. The van der Waals surface area contributed by atoms with Crippen LogP contribution in [0.5, 0.6) is 0 Å². The molecule has 6 heteroatoms. The van der Waals surface area contributed by atoms with E-state index in [0.717, 1.165) is 5.56 Å². The Morgan fingerprint density at radius 2 is 2.12 bits per heavy atom. The normalized spacial score (nSPS) is 10.4. The van der Waals surface area contributed by atoms with Crippen molar-refractivity contribution < 1.29 is 9.90 Å². The Hall–Kier alpha value is -1.88. The number of aromatic nitrogens is 3. The van der Waals surface area contributed by atoms with Gasteiger partial charge < -0.3 is 10.1 Å². The molecule has 0 fully saturated rings. The molecule has 2 N–H and O–H groups in total. The number of aliphatic carboxylic acids is 1. The number of rotatable bonds is 4. The van der Waals surface area contributed by atoms with Crippen molar-refractivity contribution in [2.24, 2.45) is 0 Å². The predicted octanol–water partition coefficient (Wildman–Crippen LogP) is 2.14. The van der Waals surface area contributed by atoms with Gasteiger partial charge in [-0.05, 0) is 12.1 Å². The maximum absolute atomic E-state index is 10.5. The zero-order valence-electron chi connectivity index (χ0n) is 8.85. The van der Waals surface area contributed by atoms with E-state index in [1.807, 2.05) is 0 Å². The minimum absolute atomic E-state index is 0.0255. The van der Waals surface area contributed by atoms with Crippen LogP contribution in [0.4, 0.5) is 0 Å². The van der Waals surface area contributed by atoms with Gasteiger partial charge in [-0.15, -0.1) is 0 Å². The molecule has 2 aromatic heterocycles. The van der Waals surface area contributed by atoms with E-state index >= 15 is 0 Å². The van der Waals surface area contributed by atoms with E-state index in [1.165, 1.54) is 0 Å². The average Bonchev–Trinajstić information content (AvgIpc) is 2.69. The smallest absolute Gasteiger partial charge is 0.303 e.